The van der Waals surface area contributed by atoms with Crippen molar-refractivity contribution in [1.82, 2.24) is 15.3 Å². The maximum Gasteiger partial charge on any atom is 0.228 e. The van der Waals surface area contributed by atoms with Gasteiger partial charge in [-0.2, -0.15) is 0 Å². The fourth-order valence-electron chi connectivity index (χ4n) is 2.25. The van der Waals surface area contributed by atoms with Gasteiger partial charge in [0, 0.05) is 24.0 Å². The molecule has 0 bridgehead atoms. The van der Waals surface area contributed by atoms with Crippen LogP contribution < -0.4 is 5.32 Å². The van der Waals surface area contributed by atoms with Crippen molar-refractivity contribution in [3.8, 4) is 11.5 Å². The normalized spacial score (nSPS) is 10.6. The van der Waals surface area contributed by atoms with Crippen LogP contribution in [0.3, 0.4) is 0 Å². The van der Waals surface area contributed by atoms with Crippen molar-refractivity contribution in [3.05, 3.63) is 70.8 Å². The molecule has 1 amide bonds. The fraction of sp³-hybridized carbons (Fsp3) is 0.167. The average molecular weight is 342 g/mol. The first-order valence-electron chi connectivity index (χ1n) is 7.50. The number of halogens is 1. The second-order valence-corrected chi connectivity index (χ2v) is 5.72. The number of hydrogen-bond donors (Lipinski definition) is 1. The van der Waals surface area contributed by atoms with E-state index >= 15 is 0 Å². The smallest absolute Gasteiger partial charge is 0.228 e. The highest BCUT2D eigenvalue weighted by atomic mass is 35.5. The Morgan fingerprint density at radius 1 is 1.25 bits per heavy atom. The van der Waals surface area contributed by atoms with Gasteiger partial charge in [-0.05, 0) is 30.7 Å². The van der Waals surface area contributed by atoms with E-state index < -0.39 is 0 Å². The van der Waals surface area contributed by atoms with Gasteiger partial charge in [0.1, 0.15) is 5.76 Å². The van der Waals surface area contributed by atoms with Gasteiger partial charge in [0.15, 0.2) is 0 Å². The summed E-state index contributed by atoms with van der Waals surface area (Å²) >= 11 is 6.08. The van der Waals surface area contributed by atoms with Crippen molar-refractivity contribution in [3.63, 3.8) is 0 Å². The second-order valence-electron chi connectivity index (χ2n) is 5.31. The van der Waals surface area contributed by atoms with Crippen molar-refractivity contribution < 1.29 is 9.21 Å². The first kappa shape index (κ1) is 16.2. The Morgan fingerprint density at radius 2 is 2.08 bits per heavy atom. The van der Waals surface area contributed by atoms with E-state index in [4.69, 9.17) is 16.0 Å². The Morgan fingerprint density at radius 3 is 2.83 bits per heavy atom. The number of aryl methyl sites for hydroxylation is 1. The third kappa shape index (κ3) is 3.81. The van der Waals surface area contributed by atoms with Crippen LogP contribution in [0.15, 0.2) is 53.2 Å². The molecule has 1 aromatic carbocycles. The van der Waals surface area contributed by atoms with Crippen LogP contribution in [0.1, 0.15) is 17.0 Å². The molecule has 3 aromatic rings. The molecule has 0 unspecified atom stereocenters. The van der Waals surface area contributed by atoms with E-state index in [1.54, 1.807) is 25.4 Å². The largest absolute Gasteiger partial charge is 0.441 e. The second kappa shape index (κ2) is 7.27. The summed E-state index contributed by atoms with van der Waals surface area (Å²) in [5.41, 5.74) is 2.27. The summed E-state index contributed by atoms with van der Waals surface area (Å²) in [6.07, 6.45) is 3.51. The van der Waals surface area contributed by atoms with Gasteiger partial charge in [-0.3, -0.25) is 9.78 Å². The quantitative estimate of drug-likeness (QED) is 0.770. The number of carbonyl (C=O) groups is 1. The van der Waals surface area contributed by atoms with Gasteiger partial charge in [-0.1, -0.05) is 29.8 Å². The number of carbonyl (C=O) groups excluding carboxylic acids is 1. The molecule has 0 aliphatic carbocycles. The Bertz CT molecular complexity index is 846. The third-order valence-corrected chi connectivity index (χ3v) is 3.93. The van der Waals surface area contributed by atoms with Crippen molar-refractivity contribution >= 4 is 17.5 Å². The van der Waals surface area contributed by atoms with E-state index in [0.29, 0.717) is 28.9 Å². The van der Waals surface area contributed by atoms with Crippen molar-refractivity contribution in [2.45, 2.75) is 19.9 Å². The molecule has 5 nitrogen and oxygen atoms in total. The lowest BCUT2D eigenvalue weighted by Crippen LogP contribution is -2.25. The molecule has 2 heterocycles. The molecule has 0 aliphatic heterocycles. The molecule has 24 heavy (non-hydrogen) atoms. The number of aromatic nitrogens is 2. The standard InChI is InChI=1S/C18H16ClN3O2/c1-12-16(22-18(24-12)14-6-4-8-20-10-14)9-17(23)21-11-13-5-2-3-7-15(13)19/h2-8,10H,9,11H2,1H3,(H,21,23). The molecule has 0 atom stereocenters. The van der Waals surface area contributed by atoms with E-state index in [1.807, 2.05) is 30.3 Å². The van der Waals surface area contributed by atoms with Gasteiger partial charge in [0.2, 0.25) is 11.8 Å². The Kier molecular flexibility index (Phi) is 4.91. The molecule has 0 fully saturated rings. The lowest BCUT2D eigenvalue weighted by molar-refractivity contribution is -0.120. The Hall–Kier alpha value is -2.66. The molecule has 0 radical (unpaired) electrons. The van der Waals surface area contributed by atoms with Crippen LogP contribution in [0, 0.1) is 6.92 Å². The number of rotatable bonds is 5. The highest BCUT2D eigenvalue weighted by Crippen LogP contribution is 2.21. The summed E-state index contributed by atoms with van der Waals surface area (Å²) in [6.45, 7) is 2.18. The molecule has 0 saturated carbocycles. The molecule has 0 aliphatic rings. The summed E-state index contributed by atoms with van der Waals surface area (Å²) in [5, 5.41) is 3.48. The van der Waals surface area contributed by atoms with Crippen molar-refractivity contribution in [1.29, 1.82) is 0 Å². The molecule has 0 saturated heterocycles. The molecular weight excluding hydrogens is 326 g/mol. The summed E-state index contributed by atoms with van der Waals surface area (Å²) in [6, 6.07) is 11.1. The molecule has 2 aromatic heterocycles. The van der Waals surface area contributed by atoms with Crippen molar-refractivity contribution in [2.75, 3.05) is 0 Å². The molecule has 6 heteroatoms. The van der Waals surface area contributed by atoms with Gasteiger partial charge in [0.25, 0.3) is 0 Å². The average Bonchev–Trinajstić information content (AvgIpc) is 2.96. The van der Waals surface area contributed by atoms with Crippen LogP contribution in [0.4, 0.5) is 0 Å². The highest BCUT2D eigenvalue weighted by Gasteiger charge is 2.14. The minimum absolute atomic E-state index is 0.135. The SMILES string of the molecule is Cc1oc(-c2cccnc2)nc1CC(=O)NCc1ccccc1Cl. The van der Waals surface area contributed by atoms with Gasteiger partial charge in [-0.25, -0.2) is 4.98 Å². The van der Waals surface area contributed by atoms with Gasteiger partial charge in [0.05, 0.1) is 17.7 Å². The van der Waals surface area contributed by atoms with Crippen LogP contribution in [0.25, 0.3) is 11.5 Å². The van der Waals surface area contributed by atoms with Crippen LogP contribution in [0.5, 0.6) is 0 Å². The Labute approximate surface area is 144 Å². The zero-order chi connectivity index (χ0) is 16.9. The van der Waals surface area contributed by atoms with Gasteiger partial charge < -0.3 is 9.73 Å². The van der Waals surface area contributed by atoms with Crippen LogP contribution in [0.2, 0.25) is 5.02 Å². The minimum atomic E-state index is -0.135. The number of benzene rings is 1. The van der Waals surface area contributed by atoms with Crippen LogP contribution >= 0.6 is 11.6 Å². The van der Waals surface area contributed by atoms with Crippen LogP contribution in [-0.4, -0.2) is 15.9 Å². The summed E-state index contributed by atoms with van der Waals surface area (Å²) in [5.74, 6) is 0.959. The molecular formula is C18H16ClN3O2. The maximum atomic E-state index is 12.1. The predicted octanol–water partition coefficient (Wildman–Crippen LogP) is 3.56. The monoisotopic (exact) mass is 341 g/mol. The number of pyridine rings is 1. The maximum absolute atomic E-state index is 12.1. The first-order chi connectivity index (χ1) is 11.6. The third-order valence-electron chi connectivity index (χ3n) is 3.56. The Balaban J connectivity index is 1.65. The summed E-state index contributed by atoms with van der Waals surface area (Å²) < 4.78 is 5.63. The number of nitrogens with zero attached hydrogens (tertiary/aromatic N) is 2. The zero-order valence-corrected chi connectivity index (χ0v) is 13.9. The van der Waals surface area contributed by atoms with E-state index in [9.17, 15) is 4.79 Å². The van der Waals surface area contributed by atoms with E-state index in [1.165, 1.54) is 0 Å². The van der Waals surface area contributed by atoms with E-state index in [0.717, 1.165) is 11.1 Å². The summed E-state index contributed by atoms with van der Waals surface area (Å²) in [7, 11) is 0. The summed E-state index contributed by atoms with van der Waals surface area (Å²) in [4.78, 5) is 20.6. The predicted molar refractivity (Wildman–Crippen MR) is 91.5 cm³/mol. The number of oxazole rings is 1. The highest BCUT2D eigenvalue weighted by molar-refractivity contribution is 6.31. The van der Waals surface area contributed by atoms with E-state index in [-0.39, 0.29) is 12.3 Å². The molecule has 122 valence electrons. The molecule has 0 spiro atoms. The lowest BCUT2D eigenvalue weighted by atomic mass is 10.2. The van der Waals surface area contributed by atoms with Crippen molar-refractivity contribution in [2.24, 2.45) is 0 Å². The van der Waals surface area contributed by atoms with Crippen LogP contribution in [-0.2, 0) is 17.8 Å². The fourth-order valence-corrected chi connectivity index (χ4v) is 2.46. The first-order valence-corrected chi connectivity index (χ1v) is 7.88. The van der Waals surface area contributed by atoms with E-state index in [2.05, 4.69) is 15.3 Å². The van der Waals surface area contributed by atoms with Gasteiger partial charge >= 0.3 is 0 Å². The minimum Gasteiger partial charge on any atom is -0.441 e. The number of nitrogens with one attached hydrogen (secondary N) is 1. The van der Waals surface area contributed by atoms with Gasteiger partial charge in [-0.15, -0.1) is 0 Å². The zero-order valence-electron chi connectivity index (χ0n) is 13.1. The lowest BCUT2D eigenvalue weighted by Gasteiger charge is -2.06. The molecule has 3 rings (SSSR count). The molecule has 1 N–H and O–H groups in total. The number of amides is 1. The number of hydrogen-bond acceptors (Lipinski definition) is 4. The topological polar surface area (TPSA) is 68.0 Å².